The average Bonchev–Trinajstić information content (AvgIpc) is 2.45. The van der Waals surface area contributed by atoms with Crippen LogP contribution in [0.3, 0.4) is 0 Å². The number of sulfonamides is 1. The highest BCUT2D eigenvalue weighted by atomic mass is 35.5. The van der Waals surface area contributed by atoms with Crippen molar-refractivity contribution in [3.05, 3.63) is 28.8 Å². The summed E-state index contributed by atoms with van der Waals surface area (Å²) in [5.74, 6) is 0.243. The second kappa shape index (κ2) is 6.85. The summed E-state index contributed by atoms with van der Waals surface area (Å²) in [6.45, 7) is 0.915. The highest BCUT2D eigenvalue weighted by Crippen LogP contribution is 2.25. The summed E-state index contributed by atoms with van der Waals surface area (Å²) >= 11 is 5.95. The summed E-state index contributed by atoms with van der Waals surface area (Å²) in [5, 5.41) is 0.451. The van der Waals surface area contributed by atoms with Crippen molar-refractivity contribution in [1.29, 1.82) is 0 Å². The number of nitrogens with one attached hydrogen (secondary N) is 1. The van der Waals surface area contributed by atoms with Crippen molar-refractivity contribution >= 4 is 27.5 Å². The van der Waals surface area contributed by atoms with Crippen LogP contribution < -0.4 is 9.46 Å². The van der Waals surface area contributed by atoms with E-state index in [9.17, 15) is 13.2 Å². The Bertz CT molecular complexity index is 663. The molecule has 0 aromatic heterocycles. The van der Waals surface area contributed by atoms with Gasteiger partial charge in [0.1, 0.15) is 5.75 Å². The zero-order valence-electron chi connectivity index (χ0n) is 12.5. The SMILES string of the molecule is COc1ccc(Cl)cc1C(=O)N1CCCC(NS(C)(=O)=O)C1. The standard InChI is InChI=1S/C14H19ClN2O4S/c1-21-13-6-5-10(15)8-12(13)14(18)17-7-3-4-11(9-17)16-22(2,19)20/h5-6,8,11,16H,3-4,7,9H2,1-2H3. The molecule has 2 rings (SSSR count). The molecule has 1 aromatic rings. The molecule has 1 aliphatic rings. The van der Waals surface area contributed by atoms with Gasteiger partial charge in [-0.3, -0.25) is 4.79 Å². The number of halogens is 1. The van der Waals surface area contributed by atoms with E-state index >= 15 is 0 Å². The Balaban J connectivity index is 2.17. The monoisotopic (exact) mass is 346 g/mol. The molecule has 8 heteroatoms. The third-order valence-corrected chi connectivity index (χ3v) is 4.48. The summed E-state index contributed by atoms with van der Waals surface area (Å²) in [4.78, 5) is 14.3. The van der Waals surface area contributed by atoms with Crippen molar-refractivity contribution in [2.24, 2.45) is 0 Å². The molecule has 0 aliphatic carbocycles. The highest BCUT2D eigenvalue weighted by Gasteiger charge is 2.27. The van der Waals surface area contributed by atoms with E-state index < -0.39 is 10.0 Å². The van der Waals surface area contributed by atoms with Gasteiger partial charge in [0.25, 0.3) is 5.91 Å². The Morgan fingerprint density at radius 2 is 2.18 bits per heavy atom. The zero-order valence-corrected chi connectivity index (χ0v) is 14.1. The first-order valence-electron chi connectivity index (χ1n) is 6.90. The van der Waals surface area contributed by atoms with Crippen LogP contribution in [0.5, 0.6) is 5.75 Å². The number of methoxy groups -OCH3 is 1. The van der Waals surface area contributed by atoms with Crippen molar-refractivity contribution in [1.82, 2.24) is 9.62 Å². The Hall–Kier alpha value is -1.31. The van der Waals surface area contributed by atoms with E-state index in [0.717, 1.165) is 12.7 Å². The fourth-order valence-corrected chi connectivity index (χ4v) is 3.55. The Kier molecular flexibility index (Phi) is 5.31. The minimum absolute atomic E-state index is 0.209. The number of ether oxygens (including phenoxy) is 1. The van der Waals surface area contributed by atoms with Gasteiger partial charge in [-0.15, -0.1) is 0 Å². The quantitative estimate of drug-likeness (QED) is 0.896. The van der Waals surface area contributed by atoms with Crippen molar-refractivity contribution < 1.29 is 17.9 Å². The van der Waals surface area contributed by atoms with Crippen molar-refractivity contribution in [3.63, 3.8) is 0 Å². The van der Waals surface area contributed by atoms with Crippen LogP contribution in [-0.2, 0) is 10.0 Å². The molecule has 1 fully saturated rings. The smallest absolute Gasteiger partial charge is 0.257 e. The van der Waals surface area contributed by atoms with E-state index in [1.807, 2.05) is 0 Å². The van der Waals surface area contributed by atoms with E-state index in [2.05, 4.69) is 4.72 Å². The number of carbonyl (C=O) groups is 1. The van der Waals surface area contributed by atoms with Crippen LogP contribution in [0, 0.1) is 0 Å². The zero-order chi connectivity index (χ0) is 16.3. The first kappa shape index (κ1) is 17.1. The molecule has 0 bridgehead atoms. The molecule has 0 spiro atoms. The van der Waals surface area contributed by atoms with Crippen LogP contribution >= 0.6 is 11.6 Å². The molecule has 1 N–H and O–H groups in total. The number of hydrogen-bond donors (Lipinski definition) is 1. The number of hydrogen-bond acceptors (Lipinski definition) is 4. The number of piperidine rings is 1. The van der Waals surface area contributed by atoms with Gasteiger partial charge in [-0.25, -0.2) is 13.1 Å². The maximum absolute atomic E-state index is 12.7. The second-order valence-corrected chi connectivity index (χ2v) is 7.54. The molecule has 22 heavy (non-hydrogen) atoms. The maximum Gasteiger partial charge on any atom is 0.257 e. The summed E-state index contributed by atoms with van der Waals surface area (Å²) in [7, 11) is -1.80. The Labute approximate surface area is 135 Å². The van der Waals surface area contributed by atoms with Crippen LogP contribution in [0.15, 0.2) is 18.2 Å². The summed E-state index contributed by atoms with van der Waals surface area (Å²) < 4.78 is 30.4. The average molecular weight is 347 g/mol. The van der Waals surface area contributed by atoms with Crippen LogP contribution in [0.25, 0.3) is 0 Å². The number of carbonyl (C=O) groups excluding carboxylic acids is 1. The third-order valence-electron chi connectivity index (χ3n) is 3.48. The van der Waals surface area contributed by atoms with Crippen LogP contribution in [0.4, 0.5) is 0 Å². The summed E-state index contributed by atoms with van der Waals surface area (Å²) in [6, 6.07) is 4.60. The van der Waals surface area contributed by atoms with E-state index in [-0.39, 0.29) is 11.9 Å². The van der Waals surface area contributed by atoms with Crippen molar-refractivity contribution in [3.8, 4) is 5.75 Å². The van der Waals surface area contributed by atoms with Crippen LogP contribution in [0.1, 0.15) is 23.2 Å². The largest absolute Gasteiger partial charge is 0.496 e. The molecular weight excluding hydrogens is 328 g/mol. The third kappa shape index (κ3) is 4.34. The first-order valence-corrected chi connectivity index (χ1v) is 9.17. The van der Waals surface area contributed by atoms with Gasteiger partial charge in [0.05, 0.1) is 18.9 Å². The molecule has 1 amide bonds. The second-order valence-electron chi connectivity index (χ2n) is 5.32. The van der Waals surface area contributed by atoms with Crippen molar-refractivity contribution in [2.75, 3.05) is 26.5 Å². The Morgan fingerprint density at radius 3 is 2.82 bits per heavy atom. The van der Waals surface area contributed by atoms with Crippen molar-refractivity contribution in [2.45, 2.75) is 18.9 Å². The lowest BCUT2D eigenvalue weighted by Gasteiger charge is -2.33. The molecule has 0 radical (unpaired) electrons. The molecule has 1 unspecified atom stereocenters. The van der Waals surface area contributed by atoms with Gasteiger partial charge in [0.2, 0.25) is 10.0 Å². The number of benzene rings is 1. The van der Waals surface area contributed by atoms with Gasteiger partial charge in [-0.05, 0) is 31.0 Å². The van der Waals surface area contributed by atoms with E-state index in [4.69, 9.17) is 16.3 Å². The maximum atomic E-state index is 12.7. The van der Waals surface area contributed by atoms with Gasteiger partial charge in [-0.2, -0.15) is 0 Å². The molecule has 6 nitrogen and oxygen atoms in total. The lowest BCUT2D eigenvalue weighted by Crippen LogP contribution is -2.49. The van der Waals surface area contributed by atoms with E-state index in [1.165, 1.54) is 7.11 Å². The van der Waals surface area contributed by atoms with Gasteiger partial charge in [0, 0.05) is 24.2 Å². The summed E-state index contributed by atoms with van der Waals surface area (Å²) in [6.07, 6.45) is 2.57. The number of nitrogens with zero attached hydrogens (tertiary/aromatic N) is 1. The number of rotatable bonds is 4. The highest BCUT2D eigenvalue weighted by molar-refractivity contribution is 7.88. The Morgan fingerprint density at radius 1 is 1.45 bits per heavy atom. The molecule has 1 aromatic carbocycles. The van der Waals surface area contributed by atoms with Crippen LogP contribution in [-0.4, -0.2) is 51.7 Å². The van der Waals surface area contributed by atoms with E-state index in [0.29, 0.717) is 35.8 Å². The molecule has 1 atom stereocenters. The van der Waals surface area contributed by atoms with Gasteiger partial charge >= 0.3 is 0 Å². The van der Waals surface area contributed by atoms with E-state index in [1.54, 1.807) is 23.1 Å². The van der Waals surface area contributed by atoms with Crippen LogP contribution in [0.2, 0.25) is 5.02 Å². The molecule has 1 heterocycles. The lowest BCUT2D eigenvalue weighted by molar-refractivity contribution is 0.0699. The topological polar surface area (TPSA) is 75.7 Å². The van der Waals surface area contributed by atoms with Gasteiger partial charge < -0.3 is 9.64 Å². The molecule has 1 saturated heterocycles. The number of likely N-dealkylation sites (tertiary alicyclic amines) is 1. The first-order chi connectivity index (χ1) is 10.3. The molecular formula is C14H19ClN2O4S. The molecule has 0 saturated carbocycles. The molecule has 122 valence electrons. The predicted octanol–water partition coefficient (Wildman–Crippen LogP) is 1.50. The fourth-order valence-electron chi connectivity index (χ4n) is 2.58. The minimum Gasteiger partial charge on any atom is -0.496 e. The predicted molar refractivity (Wildman–Crippen MR) is 84.9 cm³/mol. The summed E-state index contributed by atoms with van der Waals surface area (Å²) in [5.41, 5.74) is 0.384. The van der Waals surface area contributed by atoms with Gasteiger partial charge in [0.15, 0.2) is 0 Å². The lowest BCUT2D eigenvalue weighted by atomic mass is 10.0. The van der Waals surface area contributed by atoms with Gasteiger partial charge in [-0.1, -0.05) is 11.6 Å². The molecule has 1 aliphatic heterocycles. The number of amides is 1. The fraction of sp³-hybridized carbons (Fsp3) is 0.500. The minimum atomic E-state index is -3.29. The normalized spacial score (nSPS) is 19.0.